The Labute approximate surface area is 174 Å². The molecule has 0 unspecified atom stereocenters. The van der Waals surface area contributed by atoms with Gasteiger partial charge in [-0.1, -0.05) is 29.8 Å². The van der Waals surface area contributed by atoms with Crippen LogP contribution in [0.4, 0.5) is 13.2 Å². The maximum Gasteiger partial charge on any atom is 0.416 e. The Hall–Kier alpha value is -1.94. The van der Waals surface area contributed by atoms with Gasteiger partial charge in [-0.3, -0.25) is 9.45 Å². The fourth-order valence-corrected chi connectivity index (χ4v) is 3.93. The Morgan fingerprint density at radius 3 is 2.00 bits per heavy atom. The first-order chi connectivity index (χ1) is 14.0. The fraction of sp³-hybridized carbons (Fsp3) is 0.429. The standard InChI is InChI=1S/C14H17F3N2.C7H8O3S/c15-14(16,17)13-3-1-10(2-4-13)7-19-8-12(9-19)11-5-18-6-11;1-6-2-4-7(5-3-6)11(8,9)10/h1-4,11-12,18H,5-9H2;2-5H,1H3,(H,8,9,10). The monoisotopic (exact) mass is 442 g/mol. The summed E-state index contributed by atoms with van der Waals surface area (Å²) in [7, 11) is -4.02. The van der Waals surface area contributed by atoms with Crippen LogP contribution in [-0.2, 0) is 22.8 Å². The van der Waals surface area contributed by atoms with Crippen LogP contribution in [0.2, 0.25) is 0 Å². The average Bonchev–Trinajstić information content (AvgIpc) is 2.58. The Balaban J connectivity index is 0.000000199. The lowest BCUT2D eigenvalue weighted by Gasteiger charge is -2.47. The summed E-state index contributed by atoms with van der Waals surface area (Å²) in [6.45, 7) is 7.00. The number of hydrogen-bond donors (Lipinski definition) is 2. The molecule has 2 aromatic rings. The van der Waals surface area contributed by atoms with Crippen molar-refractivity contribution in [3.05, 3.63) is 65.2 Å². The van der Waals surface area contributed by atoms with E-state index in [1.807, 2.05) is 6.92 Å². The molecule has 0 saturated carbocycles. The van der Waals surface area contributed by atoms with E-state index in [1.54, 1.807) is 24.3 Å². The molecule has 164 valence electrons. The molecule has 2 heterocycles. The Bertz CT molecular complexity index is 935. The molecule has 0 atom stereocenters. The largest absolute Gasteiger partial charge is 0.416 e. The van der Waals surface area contributed by atoms with Crippen LogP contribution >= 0.6 is 0 Å². The normalized spacial score (nSPS) is 18.2. The minimum Gasteiger partial charge on any atom is -0.316 e. The number of alkyl halides is 3. The summed E-state index contributed by atoms with van der Waals surface area (Å²) in [4.78, 5) is 2.23. The Morgan fingerprint density at radius 2 is 1.57 bits per heavy atom. The molecule has 0 aliphatic carbocycles. The van der Waals surface area contributed by atoms with Gasteiger partial charge in [0.1, 0.15) is 0 Å². The van der Waals surface area contributed by atoms with Crippen LogP contribution in [0.5, 0.6) is 0 Å². The van der Waals surface area contributed by atoms with Crippen LogP contribution in [0.15, 0.2) is 53.4 Å². The molecule has 2 saturated heterocycles. The maximum atomic E-state index is 12.4. The molecule has 0 bridgehead atoms. The molecule has 2 aliphatic rings. The molecule has 4 rings (SSSR count). The molecule has 0 radical (unpaired) electrons. The smallest absolute Gasteiger partial charge is 0.316 e. The van der Waals surface area contributed by atoms with Crippen molar-refractivity contribution < 1.29 is 26.1 Å². The quantitative estimate of drug-likeness (QED) is 0.709. The van der Waals surface area contributed by atoms with Crippen LogP contribution < -0.4 is 5.32 Å². The lowest BCUT2D eigenvalue weighted by molar-refractivity contribution is -0.137. The number of benzene rings is 2. The van der Waals surface area contributed by atoms with Crippen molar-refractivity contribution >= 4 is 10.1 Å². The highest BCUT2D eigenvalue weighted by Gasteiger charge is 2.36. The van der Waals surface area contributed by atoms with Crippen molar-refractivity contribution in [1.29, 1.82) is 0 Å². The van der Waals surface area contributed by atoms with Crippen LogP contribution in [-0.4, -0.2) is 44.0 Å². The van der Waals surface area contributed by atoms with Gasteiger partial charge in [0.05, 0.1) is 10.5 Å². The topological polar surface area (TPSA) is 69.6 Å². The average molecular weight is 443 g/mol. The predicted molar refractivity (Wildman–Crippen MR) is 108 cm³/mol. The highest BCUT2D eigenvalue weighted by molar-refractivity contribution is 7.85. The van der Waals surface area contributed by atoms with Crippen molar-refractivity contribution in [3.63, 3.8) is 0 Å². The van der Waals surface area contributed by atoms with E-state index in [-0.39, 0.29) is 4.90 Å². The number of nitrogens with one attached hydrogen (secondary N) is 1. The molecule has 2 aliphatic heterocycles. The molecule has 2 N–H and O–H groups in total. The predicted octanol–water partition coefficient (Wildman–Crippen LogP) is 3.60. The summed E-state index contributed by atoms with van der Waals surface area (Å²) in [6, 6.07) is 11.5. The second-order valence-corrected chi connectivity index (χ2v) is 9.28. The van der Waals surface area contributed by atoms with Gasteiger partial charge < -0.3 is 5.32 Å². The van der Waals surface area contributed by atoms with Crippen molar-refractivity contribution in [3.8, 4) is 0 Å². The third-order valence-corrected chi connectivity index (χ3v) is 6.34. The van der Waals surface area contributed by atoms with Crippen LogP contribution in [0.25, 0.3) is 0 Å². The zero-order valence-electron chi connectivity index (χ0n) is 16.6. The van der Waals surface area contributed by atoms with Gasteiger partial charge >= 0.3 is 6.18 Å². The SMILES string of the molecule is Cc1ccc(S(=O)(=O)O)cc1.FC(F)(F)c1ccc(CN2CC(C3CNC3)C2)cc1. The van der Waals surface area contributed by atoms with Crippen molar-refractivity contribution in [1.82, 2.24) is 10.2 Å². The Kier molecular flexibility index (Phi) is 6.86. The molecule has 9 heteroatoms. The first-order valence-electron chi connectivity index (χ1n) is 9.66. The van der Waals surface area contributed by atoms with Gasteiger partial charge in [-0.15, -0.1) is 0 Å². The lowest BCUT2D eigenvalue weighted by atomic mass is 9.82. The summed E-state index contributed by atoms with van der Waals surface area (Å²) in [5.74, 6) is 1.58. The first kappa shape index (κ1) is 22.7. The number of aryl methyl sites for hydroxylation is 1. The second-order valence-electron chi connectivity index (χ2n) is 7.86. The lowest BCUT2D eigenvalue weighted by Crippen LogP contribution is -2.57. The molecular weight excluding hydrogens is 417 g/mol. The number of rotatable bonds is 4. The summed E-state index contributed by atoms with van der Waals surface area (Å²) >= 11 is 0. The minimum absolute atomic E-state index is 0.0666. The van der Waals surface area contributed by atoms with Crippen LogP contribution in [0.1, 0.15) is 16.7 Å². The van der Waals surface area contributed by atoms with E-state index in [0.29, 0.717) is 0 Å². The maximum absolute atomic E-state index is 12.4. The molecule has 0 spiro atoms. The van der Waals surface area contributed by atoms with E-state index in [4.69, 9.17) is 4.55 Å². The van der Waals surface area contributed by atoms with Gasteiger partial charge in [-0.05, 0) is 61.7 Å². The zero-order valence-corrected chi connectivity index (χ0v) is 17.4. The van der Waals surface area contributed by atoms with Gasteiger partial charge in [0.25, 0.3) is 10.1 Å². The van der Waals surface area contributed by atoms with E-state index in [9.17, 15) is 21.6 Å². The van der Waals surface area contributed by atoms with E-state index in [1.165, 1.54) is 24.3 Å². The van der Waals surface area contributed by atoms with Crippen molar-refractivity contribution in [2.45, 2.75) is 24.5 Å². The van der Waals surface area contributed by atoms with E-state index < -0.39 is 21.9 Å². The third-order valence-electron chi connectivity index (χ3n) is 5.47. The zero-order chi connectivity index (χ0) is 21.9. The molecule has 2 fully saturated rings. The van der Waals surface area contributed by atoms with Crippen LogP contribution in [0, 0.1) is 18.8 Å². The van der Waals surface area contributed by atoms with Crippen molar-refractivity contribution in [2.75, 3.05) is 26.2 Å². The number of halogens is 3. The van der Waals surface area contributed by atoms with Gasteiger partial charge in [-0.2, -0.15) is 21.6 Å². The molecule has 30 heavy (non-hydrogen) atoms. The van der Waals surface area contributed by atoms with Gasteiger partial charge in [-0.25, -0.2) is 0 Å². The summed E-state index contributed by atoms with van der Waals surface area (Å²) < 4.78 is 66.8. The highest BCUT2D eigenvalue weighted by atomic mass is 32.2. The molecular formula is C21H25F3N2O3S. The fourth-order valence-electron chi connectivity index (χ4n) is 3.45. The third kappa shape index (κ3) is 6.04. The van der Waals surface area contributed by atoms with E-state index in [0.717, 1.165) is 55.7 Å². The molecule has 2 aromatic carbocycles. The molecule has 0 aromatic heterocycles. The van der Waals surface area contributed by atoms with Gasteiger partial charge in [0, 0.05) is 19.6 Å². The summed E-state index contributed by atoms with van der Waals surface area (Å²) in [6.07, 6.45) is -4.24. The summed E-state index contributed by atoms with van der Waals surface area (Å²) in [5, 5.41) is 3.27. The highest BCUT2D eigenvalue weighted by Crippen LogP contribution is 2.30. The van der Waals surface area contributed by atoms with Crippen LogP contribution in [0.3, 0.4) is 0 Å². The van der Waals surface area contributed by atoms with Gasteiger partial charge in [0.2, 0.25) is 0 Å². The molecule has 5 nitrogen and oxygen atoms in total. The number of hydrogen-bond acceptors (Lipinski definition) is 4. The molecule has 0 amide bonds. The van der Waals surface area contributed by atoms with Crippen molar-refractivity contribution in [2.24, 2.45) is 11.8 Å². The number of likely N-dealkylation sites (tertiary alicyclic amines) is 1. The number of nitrogens with zero attached hydrogens (tertiary/aromatic N) is 1. The van der Waals surface area contributed by atoms with E-state index >= 15 is 0 Å². The minimum atomic E-state index is -4.24. The summed E-state index contributed by atoms with van der Waals surface area (Å²) in [5.41, 5.74) is 1.34. The first-order valence-corrected chi connectivity index (χ1v) is 11.1. The van der Waals surface area contributed by atoms with Gasteiger partial charge in [0.15, 0.2) is 0 Å². The van der Waals surface area contributed by atoms with E-state index in [2.05, 4.69) is 10.2 Å². The second kappa shape index (κ2) is 9.05. The Morgan fingerprint density at radius 1 is 1.00 bits per heavy atom.